The van der Waals surface area contributed by atoms with Gasteiger partial charge in [-0.15, -0.1) is 0 Å². The van der Waals surface area contributed by atoms with Crippen LogP contribution in [0.2, 0.25) is 5.02 Å². The van der Waals surface area contributed by atoms with Crippen molar-refractivity contribution >= 4 is 37.2 Å². The molecule has 0 fully saturated rings. The van der Waals surface area contributed by atoms with Crippen molar-refractivity contribution in [1.29, 1.82) is 0 Å². The van der Waals surface area contributed by atoms with E-state index in [0.29, 0.717) is 18.4 Å². The minimum absolute atomic E-state index is 0.444. The van der Waals surface area contributed by atoms with Gasteiger partial charge >= 0.3 is 18.1 Å². The quantitative estimate of drug-likeness (QED) is 0.719. The van der Waals surface area contributed by atoms with E-state index in [1.54, 1.807) is 0 Å². The summed E-state index contributed by atoms with van der Waals surface area (Å²) in [6, 6.07) is 1.03. The zero-order valence-corrected chi connectivity index (χ0v) is 14.3. The molecular weight excluding hydrogens is 423 g/mol. The Morgan fingerprint density at radius 1 is 1.12 bits per heavy atom. The van der Waals surface area contributed by atoms with Crippen LogP contribution in [0, 0.1) is 0 Å². The SMILES string of the molecule is CS(=O)(=O)c1ccc(C(=O)O)c(Cl)c1S(=O)(=O)CC(F)(F)C(F)(F)F. The van der Waals surface area contributed by atoms with E-state index in [1.165, 1.54) is 0 Å². The number of benzene rings is 1. The summed E-state index contributed by atoms with van der Waals surface area (Å²) < 4.78 is 110. The molecule has 0 amide bonds. The standard InChI is InChI=1S/C11H8ClF5O6S2/c1-24(20,21)6-3-2-5(9(18)19)7(12)8(6)25(22,23)4-10(13,14)11(15,16)17/h2-3H,4H2,1H3,(H,18,19). The van der Waals surface area contributed by atoms with E-state index >= 15 is 0 Å². The van der Waals surface area contributed by atoms with Crippen molar-refractivity contribution in [2.45, 2.75) is 21.9 Å². The van der Waals surface area contributed by atoms with Crippen LogP contribution < -0.4 is 0 Å². The lowest BCUT2D eigenvalue weighted by atomic mass is 10.2. The maximum Gasteiger partial charge on any atom is 0.454 e. The number of hydrogen-bond acceptors (Lipinski definition) is 5. The van der Waals surface area contributed by atoms with E-state index in [9.17, 15) is 43.6 Å². The second kappa shape index (κ2) is 6.36. The summed E-state index contributed by atoms with van der Waals surface area (Å²) in [5.74, 6) is -10.4. The van der Waals surface area contributed by atoms with E-state index in [1.807, 2.05) is 0 Å². The van der Waals surface area contributed by atoms with Crippen LogP contribution in [0.5, 0.6) is 0 Å². The summed E-state index contributed by atoms with van der Waals surface area (Å²) in [6.45, 7) is 0. The van der Waals surface area contributed by atoms with Crippen molar-refractivity contribution in [3.8, 4) is 0 Å². The molecule has 1 aromatic carbocycles. The first-order chi connectivity index (χ1) is 10.9. The zero-order valence-electron chi connectivity index (χ0n) is 11.9. The normalized spacial score (nSPS) is 13.7. The minimum Gasteiger partial charge on any atom is -0.478 e. The van der Waals surface area contributed by atoms with Gasteiger partial charge < -0.3 is 5.11 Å². The Kier molecular flexibility index (Phi) is 5.49. The van der Waals surface area contributed by atoms with Gasteiger partial charge in [0.15, 0.2) is 19.7 Å². The maximum absolute atomic E-state index is 13.1. The van der Waals surface area contributed by atoms with Crippen molar-refractivity contribution in [1.82, 2.24) is 0 Å². The van der Waals surface area contributed by atoms with Crippen molar-refractivity contribution in [2.24, 2.45) is 0 Å². The lowest BCUT2D eigenvalue weighted by Crippen LogP contribution is -2.42. The van der Waals surface area contributed by atoms with E-state index < -0.39 is 63.9 Å². The zero-order chi connectivity index (χ0) is 20.0. The van der Waals surface area contributed by atoms with Crippen molar-refractivity contribution in [2.75, 3.05) is 12.0 Å². The fourth-order valence-corrected chi connectivity index (χ4v) is 5.46. The van der Waals surface area contributed by atoms with E-state index in [4.69, 9.17) is 16.7 Å². The summed E-state index contributed by atoms with van der Waals surface area (Å²) in [7, 11) is -10.1. The van der Waals surface area contributed by atoms with E-state index in [-0.39, 0.29) is 0 Å². The van der Waals surface area contributed by atoms with Crippen molar-refractivity contribution < 1.29 is 48.7 Å². The van der Waals surface area contributed by atoms with Gasteiger partial charge in [-0.05, 0) is 12.1 Å². The molecule has 6 nitrogen and oxygen atoms in total. The molecule has 1 aromatic rings. The van der Waals surface area contributed by atoms with Gasteiger partial charge in [0.25, 0.3) is 0 Å². The van der Waals surface area contributed by atoms with Gasteiger partial charge in [-0.2, -0.15) is 22.0 Å². The molecule has 14 heteroatoms. The average Bonchev–Trinajstić information content (AvgIpc) is 2.33. The van der Waals surface area contributed by atoms with Gasteiger partial charge in [0.2, 0.25) is 0 Å². The molecule has 0 aliphatic carbocycles. The Morgan fingerprint density at radius 2 is 1.60 bits per heavy atom. The highest BCUT2D eigenvalue weighted by Gasteiger charge is 2.60. The molecule has 0 atom stereocenters. The average molecular weight is 431 g/mol. The molecule has 25 heavy (non-hydrogen) atoms. The second-order valence-corrected chi connectivity index (χ2v) is 9.08. The van der Waals surface area contributed by atoms with Gasteiger partial charge in [0.05, 0.1) is 15.5 Å². The van der Waals surface area contributed by atoms with Gasteiger partial charge in [0, 0.05) is 6.26 Å². The topological polar surface area (TPSA) is 106 Å². The predicted molar refractivity (Wildman–Crippen MR) is 74.6 cm³/mol. The molecule has 0 saturated heterocycles. The minimum atomic E-state index is -6.23. The Hall–Kier alpha value is -1.47. The Balaban J connectivity index is 3.80. The largest absolute Gasteiger partial charge is 0.478 e. The second-order valence-electron chi connectivity index (χ2n) is 4.79. The first-order valence-corrected chi connectivity index (χ1v) is 9.77. The third-order valence-corrected chi connectivity index (χ3v) is 6.35. The predicted octanol–water partition coefficient (Wildman–Crippen LogP) is 2.41. The highest BCUT2D eigenvalue weighted by Crippen LogP contribution is 2.40. The third kappa shape index (κ3) is 4.39. The number of carboxylic acid groups (broad SMARTS) is 1. The van der Waals surface area contributed by atoms with E-state index in [2.05, 4.69) is 0 Å². The monoisotopic (exact) mass is 430 g/mol. The van der Waals surface area contributed by atoms with Crippen LogP contribution in [-0.4, -0.2) is 52.0 Å². The van der Waals surface area contributed by atoms with Crippen LogP contribution in [-0.2, 0) is 19.7 Å². The third-order valence-electron chi connectivity index (χ3n) is 2.79. The molecule has 1 rings (SSSR count). The number of sulfone groups is 2. The number of aromatic carboxylic acids is 1. The molecule has 0 bridgehead atoms. The van der Waals surface area contributed by atoms with Gasteiger partial charge in [0.1, 0.15) is 10.6 Å². The van der Waals surface area contributed by atoms with Gasteiger partial charge in [-0.1, -0.05) is 11.6 Å². The molecular formula is C11H8ClF5O6S2. The number of rotatable bonds is 5. The maximum atomic E-state index is 13.1. The lowest BCUT2D eigenvalue weighted by Gasteiger charge is -2.20. The molecule has 0 radical (unpaired) electrons. The van der Waals surface area contributed by atoms with Crippen molar-refractivity contribution in [3.05, 3.63) is 22.7 Å². The number of halogens is 6. The summed E-state index contributed by atoms with van der Waals surface area (Å²) in [4.78, 5) is 8.13. The van der Waals surface area contributed by atoms with Crippen LogP contribution >= 0.6 is 11.6 Å². The number of carbonyl (C=O) groups is 1. The van der Waals surface area contributed by atoms with Crippen LogP contribution in [0.3, 0.4) is 0 Å². The fraction of sp³-hybridized carbons (Fsp3) is 0.364. The molecule has 142 valence electrons. The van der Waals surface area contributed by atoms with Crippen LogP contribution in [0.1, 0.15) is 10.4 Å². The summed E-state index contributed by atoms with van der Waals surface area (Å²) in [6.07, 6.45) is -5.79. The molecule has 0 aliphatic heterocycles. The molecule has 0 heterocycles. The fourth-order valence-electron chi connectivity index (χ4n) is 1.68. The lowest BCUT2D eigenvalue weighted by molar-refractivity contribution is -0.271. The van der Waals surface area contributed by atoms with Gasteiger partial charge in [-0.25, -0.2) is 21.6 Å². The van der Waals surface area contributed by atoms with Gasteiger partial charge in [-0.3, -0.25) is 0 Å². The van der Waals surface area contributed by atoms with Crippen molar-refractivity contribution in [3.63, 3.8) is 0 Å². The molecule has 0 saturated carbocycles. The van der Waals surface area contributed by atoms with Crippen LogP contribution in [0.25, 0.3) is 0 Å². The molecule has 0 aromatic heterocycles. The smallest absolute Gasteiger partial charge is 0.454 e. The first kappa shape index (κ1) is 21.6. The van der Waals surface area contributed by atoms with E-state index in [0.717, 1.165) is 0 Å². The number of carboxylic acids is 1. The Morgan fingerprint density at radius 3 is 1.96 bits per heavy atom. The highest BCUT2D eigenvalue weighted by molar-refractivity contribution is 7.94. The Bertz CT molecular complexity index is 921. The van der Waals surface area contributed by atoms with Crippen LogP contribution in [0.4, 0.5) is 22.0 Å². The number of alkyl halides is 5. The Labute approximate surface area is 143 Å². The first-order valence-electron chi connectivity index (χ1n) is 5.85. The molecule has 0 aliphatic rings. The van der Waals surface area contributed by atoms with Crippen LogP contribution in [0.15, 0.2) is 21.9 Å². The number of hydrogen-bond donors (Lipinski definition) is 1. The molecule has 1 N–H and O–H groups in total. The summed E-state index contributed by atoms with van der Waals surface area (Å²) in [5.41, 5.74) is -0.983. The summed E-state index contributed by atoms with van der Waals surface area (Å²) >= 11 is 5.49. The summed E-state index contributed by atoms with van der Waals surface area (Å²) in [5, 5.41) is 7.57. The molecule has 0 spiro atoms. The molecule has 0 unspecified atom stereocenters. The highest BCUT2D eigenvalue weighted by atomic mass is 35.5.